The largest absolute Gasteiger partial charge is 0.307 e. The van der Waals surface area contributed by atoms with Crippen molar-refractivity contribution >= 4 is 46.6 Å². The van der Waals surface area contributed by atoms with Crippen LogP contribution in [0.4, 0.5) is 0 Å². The van der Waals surface area contributed by atoms with Gasteiger partial charge >= 0.3 is 0 Å². The van der Waals surface area contributed by atoms with Crippen LogP contribution in [0.5, 0.6) is 0 Å². The lowest BCUT2D eigenvalue weighted by atomic mass is 9.93. The Bertz CT molecular complexity index is 467. The Balaban J connectivity index is 2.05. The molecule has 112 valence electrons. The van der Waals surface area contributed by atoms with Gasteiger partial charge in [-0.3, -0.25) is 0 Å². The molecule has 2 rings (SSSR count). The number of hydrogen-bond acceptors (Lipinski definition) is 2. The van der Waals surface area contributed by atoms with E-state index >= 15 is 0 Å². The minimum Gasteiger partial charge on any atom is -0.307 e. The molecule has 5 heteroatoms. The van der Waals surface area contributed by atoms with E-state index in [4.69, 9.17) is 34.8 Å². The van der Waals surface area contributed by atoms with Crippen LogP contribution in [0.25, 0.3) is 0 Å². The van der Waals surface area contributed by atoms with Crippen molar-refractivity contribution in [1.82, 2.24) is 5.32 Å². The average Bonchev–Trinajstić information content (AvgIpc) is 2.45. The standard InChI is InChI=1S/C15H20Cl3NS/c1-9(12-6-7-13(16)15(18)14(12)17)19-10-4-3-5-11(8-10)20-2/h6-7,9-11,19H,3-5,8H2,1-2H3. The van der Waals surface area contributed by atoms with Crippen molar-refractivity contribution in [1.29, 1.82) is 0 Å². The molecule has 3 atom stereocenters. The SMILES string of the molecule is CSC1CCCC(NC(C)c2ccc(Cl)c(Cl)c2Cl)C1. The summed E-state index contributed by atoms with van der Waals surface area (Å²) < 4.78 is 0. The highest BCUT2D eigenvalue weighted by atomic mass is 35.5. The van der Waals surface area contributed by atoms with Gasteiger partial charge in [0.1, 0.15) is 0 Å². The molecule has 0 spiro atoms. The van der Waals surface area contributed by atoms with Gasteiger partial charge in [-0.05, 0) is 44.1 Å². The first kappa shape index (κ1) is 16.8. The molecule has 1 saturated carbocycles. The van der Waals surface area contributed by atoms with Crippen LogP contribution in [0.15, 0.2) is 12.1 Å². The molecular formula is C15H20Cl3NS. The van der Waals surface area contributed by atoms with Gasteiger partial charge in [0, 0.05) is 17.3 Å². The third kappa shape index (κ3) is 3.98. The molecular weight excluding hydrogens is 333 g/mol. The van der Waals surface area contributed by atoms with Gasteiger partial charge in [0.2, 0.25) is 0 Å². The van der Waals surface area contributed by atoms with Crippen molar-refractivity contribution in [2.45, 2.75) is 49.9 Å². The predicted octanol–water partition coefficient (Wildman–Crippen LogP) is 5.97. The van der Waals surface area contributed by atoms with E-state index in [0.29, 0.717) is 21.1 Å². The molecule has 0 aliphatic heterocycles. The molecule has 20 heavy (non-hydrogen) atoms. The second kappa shape index (κ2) is 7.60. The van der Waals surface area contributed by atoms with Gasteiger partial charge in [0.05, 0.1) is 15.1 Å². The van der Waals surface area contributed by atoms with Crippen molar-refractivity contribution in [3.8, 4) is 0 Å². The molecule has 3 unspecified atom stereocenters. The van der Waals surface area contributed by atoms with E-state index in [9.17, 15) is 0 Å². The van der Waals surface area contributed by atoms with E-state index in [1.54, 1.807) is 0 Å². The fraction of sp³-hybridized carbons (Fsp3) is 0.600. The van der Waals surface area contributed by atoms with Gasteiger partial charge in [-0.1, -0.05) is 47.3 Å². The number of rotatable bonds is 4. The number of hydrogen-bond donors (Lipinski definition) is 1. The quantitative estimate of drug-likeness (QED) is 0.670. The van der Waals surface area contributed by atoms with Crippen LogP contribution in [0.3, 0.4) is 0 Å². The van der Waals surface area contributed by atoms with E-state index in [-0.39, 0.29) is 6.04 Å². The summed E-state index contributed by atoms with van der Waals surface area (Å²) in [5, 5.41) is 5.99. The smallest absolute Gasteiger partial charge is 0.0781 e. The van der Waals surface area contributed by atoms with E-state index in [1.165, 1.54) is 25.7 Å². The fourth-order valence-corrected chi connectivity index (χ4v) is 4.36. The molecule has 1 aromatic rings. The maximum atomic E-state index is 6.31. The normalized spacial score (nSPS) is 24.6. The summed E-state index contributed by atoms with van der Waals surface area (Å²) in [4.78, 5) is 0. The number of halogens is 3. The summed E-state index contributed by atoms with van der Waals surface area (Å²) in [6.45, 7) is 2.13. The Kier molecular flexibility index (Phi) is 6.37. The lowest BCUT2D eigenvalue weighted by Crippen LogP contribution is -2.36. The zero-order valence-electron chi connectivity index (χ0n) is 11.8. The predicted molar refractivity (Wildman–Crippen MR) is 92.6 cm³/mol. The maximum absolute atomic E-state index is 6.31. The first-order valence-corrected chi connectivity index (χ1v) is 9.37. The van der Waals surface area contributed by atoms with Crippen molar-refractivity contribution in [2.75, 3.05) is 6.26 Å². The molecule has 0 saturated heterocycles. The highest BCUT2D eigenvalue weighted by molar-refractivity contribution is 7.99. The summed E-state index contributed by atoms with van der Waals surface area (Å²) in [6, 6.07) is 4.52. The molecule has 1 aliphatic carbocycles. The molecule has 0 radical (unpaired) electrons. The van der Waals surface area contributed by atoms with E-state index in [1.807, 2.05) is 23.9 Å². The third-order valence-electron chi connectivity index (χ3n) is 3.98. The Labute approximate surface area is 140 Å². The van der Waals surface area contributed by atoms with Crippen LogP contribution < -0.4 is 5.32 Å². The summed E-state index contributed by atoms with van der Waals surface area (Å²) in [5.74, 6) is 0. The molecule has 0 amide bonds. The van der Waals surface area contributed by atoms with E-state index in [2.05, 4.69) is 18.5 Å². The van der Waals surface area contributed by atoms with Gasteiger partial charge in [0.15, 0.2) is 0 Å². The highest BCUT2D eigenvalue weighted by Crippen LogP contribution is 2.36. The maximum Gasteiger partial charge on any atom is 0.0781 e. The van der Waals surface area contributed by atoms with Crippen LogP contribution in [0.2, 0.25) is 15.1 Å². The topological polar surface area (TPSA) is 12.0 Å². The second-order valence-corrected chi connectivity index (χ2v) is 7.68. The Morgan fingerprint density at radius 1 is 1.20 bits per heavy atom. The second-order valence-electron chi connectivity index (χ2n) is 5.37. The minimum absolute atomic E-state index is 0.183. The zero-order valence-corrected chi connectivity index (χ0v) is 14.8. The molecule has 1 fully saturated rings. The molecule has 0 aromatic heterocycles. The number of nitrogens with one attached hydrogen (secondary N) is 1. The van der Waals surface area contributed by atoms with E-state index < -0.39 is 0 Å². The lowest BCUT2D eigenvalue weighted by Gasteiger charge is -2.31. The first-order valence-electron chi connectivity index (χ1n) is 6.95. The van der Waals surface area contributed by atoms with Crippen LogP contribution in [0, 0.1) is 0 Å². The van der Waals surface area contributed by atoms with Crippen LogP contribution in [-0.2, 0) is 0 Å². The van der Waals surface area contributed by atoms with Gasteiger partial charge in [-0.15, -0.1) is 0 Å². The lowest BCUT2D eigenvalue weighted by molar-refractivity contribution is 0.353. The van der Waals surface area contributed by atoms with Gasteiger partial charge in [-0.2, -0.15) is 11.8 Å². The summed E-state index contributed by atoms with van der Waals surface area (Å²) in [5.41, 5.74) is 1.02. The Hall–Kier alpha value is 0.400. The highest BCUT2D eigenvalue weighted by Gasteiger charge is 2.23. The number of benzene rings is 1. The minimum atomic E-state index is 0.183. The van der Waals surface area contributed by atoms with Crippen LogP contribution in [-0.4, -0.2) is 17.5 Å². The van der Waals surface area contributed by atoms with Crippen LogP contribution in [0.1, 0.15) is 44.2 Å². The van der Waals surface area contributed by atoms with Crippen LogP contribution >= 0.6 is 46.6 Å². The Morgan fingerprint density at radius 3 is 2.65 bits per heavy atom. The Morgan fingerprint density at radius 2 is 1.95 bits per heavy atom. The summed E-state index contributed by atoms with van der Waals surface area (Å²) >= 11 is 20.4. The first-order chi connectivity index (χ1) is 9.52. The van der Waals surface area contributed by atoms with Gasteiger partial charge in [-0.25, -0.2) is 0 Å². The molecule has 0 bridgehead atoms. The van der Waals surface area contributed by atoms with Gasteiger partial charge in [0.25, 0.3) is 0 Å². The average molecular weight is 353 g/mol. The van der Waals surface area contributed by atoms with Crippen molar-refractivity contribution < 1.29 is 0 Å². The summed E-state index contributed by atoms with van der Waals surface area (Å²) in [6.07, 6.45) is 7.29. The molecule has 1 aliphatic rings. The molecule has 1 nitrogen and oxygen atoms in total. The summed E-state index contributed by atoms with van der Waals surface area (Å²) in [7, 11) is 0. The third-order valence-corrected chi connectivity index (χ3v) is 6.38. The number of thioether (sulfide) groups is 1. The van der Waals surface area contributed by atoms with E-state index in [0.717, 1.165) is 10.8 Å². The monoisotopic (exact) mass is 351 g/mol. The molecule has 0 heterocycles. The van der Waals surface area contributed by atoms with Gasteiger partial charge < -0.3 is 5.32 Å². The molecule has 1 aromatic carbocycles. The van der Waals surface area contributed by atoms with Crippen molar-refractivity contribution in [3.05, 3.63) is 32.8 Å². The zero-order chi connectivity index (χ0) is 14.7. The fourth-order valence-electron chi connectivity index (χ4n) is 2.83. The van der Waals surface area contributed by atoms with Crippen molar-refractivity contribution in [3.63, 3.8) is 0 Å². The van der Waals surface area contributed by atoms with Crippen molar-refractivity contribution in [2.24, 2.45) is 0 Å². The molecule has 1 N–H and O–H groups in total.